The summed E-state index contributed by atoms with van der Waals surface area (Å²) in [5.74, 6) is -0.401. The van der Waals surface area contributed by atoms with Gasteiger partial charge in [-0.2, -0.15) is 0 Å². The predicted molar refractivity (Wildman–Crippen MR) is 208 cm³/mol. The minimum atomic E-state index is -0.512. The molecule has 1 saturated carbocycles. The molecule has 2 aromatic carbocycles. The number of methoxy groups -OCH3 is 2. The van der Waals surface area contributed by atoms with Crippen molar-refractivity contribution in [2.24, 2.45) is 23.7 Å². The van der Waals surface area contributed by atoms with E-state index in [1.807, 2.05) is 24.3 Å². The molecular formula is C45H58N2O10+2. The molecule has 5 fully saturated rings. The third-order valence-corrected chi connectivity index (χ3v) is 14.7. The molecule has 12 nitrogen and oxygen atoms in total. The summed E-state index contributed by atoms with van der Waals surface area (Å²) in [6.45, 7) is 4.36. The lowest BCUT2D eigenvalue weighted by molar-refractivity contribution is -0.961. The molecule has 2 aliphatic carbocycles. The van der Waals surface area contributed by atoms with Crippen molar-refractivity contribution in [3.63, 3.8) is 0 Å². The zero-order chi connectivity index (χ0) is 40.2. The first-order valence-electron chi connectivity index (χ1n) is 20.8. The van der Waals surface area contributed by atoms with Crippen molar-refractivity contribution in [1.82, 2.24) is 0 Å². The number of rotatable bonds is 12. The summed E-state index contributed by atoms with van der Waals surface area (Å²) in [6.07, 6.45) is 12.1. The van der Waals surface area contributed by atoms with Crippen LogP contribution < -0.4 is 18.9 Å². The average Bonchev–Trinajstić information content (AvgIpc) is 3.83. The monoisotopic (exact) mass is 786 g/mol. The van der Waals surface area contributed by atoms with Crippen molar-refractivity contribution in [2.75, 3.05) is 28.3 Å². The summed E-state index contributed by atoms with van der Waals surface area (Å²) >= 11 is 0. The highest BCUT2D eigenvalue weighted by Gasteiger charge is 2.57. The van der Waals surface area contributed by atoms with E-state index in [2.05, 4.69) is 26.2 Å². The first-order chi connectivity index (χ1) is 27.3. The highest BCUT2D eigenvalue weighted by atomic mass is 16.6. The first kappa shape index (κ1) is 39.4. The van der Waals surface area contributed by atoms with Gasteiger partial charge in [0, 0.05) is 76.3 Å². The van der Waals surface area contributed by atoms with Gasteiger partial charge in [0.05, 0.1) is 64.3 Å². The van der Waals surface area contributed by atoms with Gasteiger partial charge < -0.3 is 37.4 Å². The number of hydrogen-bond donors (Lipinski definition) is 0. The number of carbonyl (C=O) groups excluding carboxylic acids is 4. The first-order valence-corrected chi connectivity index (χ1v) is 20.8. The molecule has 4 heterocycles. The van der Waals surface area contributed by atoms with Gasteiger partial charge in [0.25, 0.3) is 0 Å². The molecule has 4 aliphatic heterocycles. The van der Waals surface area contributed by atoms with E-state index in [1.54, 1.807) is 26.4 Å². The molecule has 306 valence electrons. The van der Waals surface area contributed by atoms with Gasteiger partial charge in [-0.15, -0.1) is 0 Å². The van der Waals surface area contributed by atoms with Gasteiger partial charge >= 0.3 is 23.9 Å². The second-order valence-electron chi connectivity index (χ2n) is 18.0. The Kier molecular flexibility index (Phi) is 10.6. The van der Waals surface area contributed by atoms with Gasteiger partial charge in [-0.05, 0) is 54.7 Å². The Morgan fingerprint density at radius 3 is 1.26 bits per heavy atom. The lowest BCUT2D eigenvalue weighted by atomic mass is 9.82. The number of fused-ring (bicyclic) bond motifs is 6. The third-order valence-electron chi connectivity index (χ3n) is 14.7. The maximum atomic E-state index is 14.1. The minimum absolute atomic E-state index is 0.00179. The lowest BCUT2D eigenvalue weighted by Gasteiger charge is -2.47. The number of nitrogens with zero attached hydrogens (tertiary/aromatic N) is 2. The average molecular weight is 787 g/mol. The topological polar surface area (TPSA) is 124 Å². The number of piperidine rings is 2. The van der Waals surface area contributed by atoms with E-state index in [0.717, 1.165) is 91.0 Å². The van der Waals surface area contributed by atoms with Gasteiger partial charge in [-0.3, -0.25) is 19.2 Å². The molecule has 4 saturated heterocycles. The van der Waals surface area contributed by atoms with Crippen LogP contribution in [0.15, 0.2) is 48.6 Å². The van der Waals surface area contributed by atoms with Crippen LogP contribution in [-0.4, -0.2) is 97.5 Å². The van der Waals surface area contributed by atoms with Crippen LogP contribution in [-0.2, 0) is 41.7 Å². The molecule has 0 amide bonds. The molecule has 2 aromatic rings. The molecule has 8 unspecified atom stereocenters. The summed E-state index contributed by atoms with van der Waals surface area (Å²) in [4.78, 5) is 51.4. The molecule has 12 heteroatoms. The quantitative estimate of drug-likeness (QED) is 0.109. The number of allylic oxidation sites excluding steroid dienone is 2. The van der Waals surface area contributed by atoms with Crippen molar-refractivity contribution >= 4 is 23.9 Å². The Morgan fingerprint density at radius 1 is 0.561 bits per heavy atom. The highest BCUT2D eigenvalue weighted by molar-refractivity contribution is 5.84. The van der Waals surface area contributed by atoms with Crippen molar-refractivity contribution in [3.05, 3.63) is 59.7 Å². The second kappa shape index (κ2) is 15.4. The van der Waals surface area contributed by atoms with Crippen LogP contribution in [0, 0.1) is 23.7 Å². The Morgan fingerprint density at radius 2 is 0.930 bits per heavy atom. The highest BCUT2D eigenvalue weighted by Crippen LogP contribution is 2.51. The maximum Gasteiger partial charge on any atom is 0.310 e. The number of esters is 4. The van der Waals surface area contributed by atoms with Gasteiger partial charge in [0.2, 0.25) is 0 Å². The van der Waals surface area contributed by atoms with Crippen molar-refractivity contribution in [1.29, 1.82) is 0 Å². The van der Waals surface area contributed by atoms with Gasteiger partial charge in [-0.1, -0.05) is 12.2 Å². The zero-order valence-corrected chi connectivity index (χ0v) is 34.1. The molecule has 6 bridgehead atoms. The zero-order valence-electron chi connectivity index (χ0n) is 34.1. The molecular weight excluding hydrogens is 728 g/mol. The molecule has 0 spiro atoms. The summed E-state index contributed by atoms with van der Waals surface area (Å²) in [5, 5.41) is 0. The fraction of sp³-hybridized carbons (Fsp3) is 0.600. The Hall–Kier alpha value is -4.42. The van der Waals surface area contributed by atoms with Crippen LogP contribution in [0.4, 0.5) is 0 Å². The van der Waals surface area contributed by atoms with Crippen molar-refractivity contribution < 1.29 is 56.6 Å². The second-order valence-corrected chi connectivity index (χ2v) is 18.0. The fourth-order valence-corrected chi connectivity index (χ4v) is 11.9. The SMILES string of the molecule is COc1cc(C[N+]2(C)C3CCC2CC(OC(=O)C2C4C=CC(C4)C2C(=O)OC2CC4CCC(C2)[N+]4(C)Cc2ccc(OC(C)=O)c(OC)c2)C3)ccc1OC(C)=O. The Bertz CT molecular complexity index is 1780. The van der Waals surface area contributed by atoms with Gasteiger partial charge in [0.15, 0.2) is 23.0 Å². The van der Waals surface area contributed by atoms with Crippen LogP contribution in [0.2, 0.25) is 0 Å². The molecule has 8 atom stereocenters. The Balaban J connectivity index is 0.884. The summed E-state index contributed by atoms with van der Waals surface area (Å²) in [7, 11) is 7.77. The van der Waals surface area contributed by atoms with Crippen LogP contribution in [0.1, 0.15) is 82.8 Å². The van der Waals surface area contributed by atoms with Crippen LogP contribution in [0.25, 0.3) is 0 Å². The largest absolute Gasteiger partial charge is 0.493 e. The van der Waals surface area contributed by atoms with E-state index < -0.39 is 11.8 Å². The molecule has 0 aromatic heterocycles. The molecule has 0 radical (unpaired) electrons. The summed E-state index contributed by atoms with van der Waals surface area (Å²) in [6, 6.07) is 12.9. The van der Waals surface area contributed by atoms with Crippen LogP contribution in [0.5, 0.6) is 23.0 Å². The molecule has 57 heavy (non-hydrogen) atoms. The molecule has 6 aliphatic rings. The number of benzene rings is 2. The summed E-state index contributed by atoms with van der Waals surface area (Å²) < 4.78 is 36.2. The standard InChI is InChI=1S/C45H58N2O10/c1-26(48)54-38-15-7-28(17-40(38)52-5)24-46(3)32-11-12-33(46)21-36(20-32)56-44(50)42-30-9-10-31(19-30)43(42)45(51)57-37-22-34-13-14-35(23-37)47(34,4)25-29-8-16-39(55-27(2)49)41(18-29)53-6/h7-10,15-18,30-37,42-43H,11-14,19-25H2,1-6H3/q+2. The molecule has 0 N–H and O–H groups in total. The summed E-state index contributed by atoms with van der Waals surface area (Å²) in [5.41, 5.74) is 2.21. The van der Waals surface area contributed by atoms with E-state index in [4.69, 9.17) is 28.4 Å². The number of carbonyl (C=O) groups is 4. The van der Waals surface area contributed by atoms with E-state index in [1.165, 1.54) is 13.8 Å². The van der Waals surface area contributed by atoms with Crippen molar-refractivity contribution in [3.8, 4) is 23.0 Å². The van der Waals surface area contributed by atoms with Crippen molar-refractivity contribution in [2.45, 2.75) is 121 Å². The smallest absolute Gasteiger partial charge is 0.310 e. The van der Waals surface area contributed by atoms with Gasteiger partial charge in [0.1, 0.15) is 25.3 Å². The van der Waals surface area contributed by atoms with Crippen LogP contribution in [0.3, 0.4) is 0 Å². The number of quaternary nitrogens is 2. The van der Waals surface area contributed by atoms with E-state index in [0.29, 0.717) is 47.2 Å². The van der Waals surface area contributed by atoms with E-state index in [9.17, 15) is 19.2 Å². The predicted octanol–water partition coefficient (Wildman–Crippen LogP) is 6.06. The number of ether oxygens (including phenoxy) is 6. The normalized spacial score (nSPS) is 35.8. The minimum Gasteiger partial charge on any atom is -0.493 e. The van der Waals surface area contributed by atoms with E-state index >= 15 is 0 Å². The molecule has 8 rings (SSSR count). The fourth-order valence-electron chi connectivity index (χ4n) is 11.9. The van der Waals surface area contributed by atoms with Gasteiger partial charge in [-0.25, -0.2) is 0 Å². The third kappa shape index (κ3) is 7.44. The number of hydrogen-bond acceptors (Lipinski definition) is 10. The maximum absolute atomic E-state index is 14.1. The van der Waals surface area contributed by atoms with E-state index in [-0.39, 0.29) is 47.9 Å². The lowest BCUT2D eigenvalue weighted by Crippen LogP contribution is -2.58. The Labute approximate surface area is 335 Å². The van der Waals surface area contributed by atoms with Crippen LogP contribution >= 0.6 is 0 Å².